The summed E-state index contributed by atoms with van der Waals surface area (Å²) in [6, 6.07) is 5.42. The average Bonchev–Trinajstić information content (AvgIpc) is 2.86. The maximum Gasteiger partial charge on any atom is 0.338 e. The van der Waals surface area contributed by atoms with E-state index < -0.39 is 10.9 Å². The number of allylic oxidation sites excluding steroid dienone is 2. The van der Waals surface area contributed by atoms with E-state index in [2.05, 4.69) is 13.5 Å². The predicted octanol–water partition coefficient (Wildman–Crippen LogP) is 4.05. The molecule has 0 saturated heterocycles. The molecule has 0 radical (unpaired) electrons. The molecule has 116 valence electrons. The van der Waals surface area contributed by atoms with Crippen molar-refractivity contribution in [1.82, 2.24) is 0 Å². The molecule has 0 aliphatic heterocycles. The van der Waals surface area contributed by atoms with E-state index in [0.29, 0.717) is 5.56 Å². The summed E-state index contributed by atoms with van der Waals surface area (Å²) in [5.41, 5.74) is 3.73. The van der Waals surface area contributed by atoms with Crippen molar-refractivity contribution < 1.29 is 14.5 Å². The smallest absolute Gasteiger partial charge is 0.338 e. The molecule has 0 bridgehead atoms. The standard InChI is InChI=1S/C17H19NO4/c1-11(2)15-9-4-12(3)16(15)10-22-17(19)13-5-7-14(8-6-13)18(20)21/h5-8,15H,1,4,9-10H2,2-3H3/t15-/m0/s1. The summed E-state index contributed by atoms with van der Waals surface area (Å²) in [6.45, 7) is 8.29. The van der Waals surface area contributed by atoms with E-state index in [9.17, 15) is 14.9 Å². The molecule has 0 amide bonds. The lowest BCUT2D eigenvalue weighted by Crippen LogP contribution is -2.12. The zero-order chi connectivity index (χ0) is 16.3. The minimum atomic E-state index is -0.501. The number of nitro groups is 1. The van der Waals surface area contributed by atoms with Crippen LogP contribution in [0.4, 0.5) is 5.69 Å². The summed E-state index contributed by atoms with van der Waals surface area (Å²) in [5.74, 6) is -0.188. The maximum absolute atomic E-state index is 12.0. The highest BCUT2D eigenvalue weighted by Crippen LogP contribution is 2.36. The van der Waals surface area contributed by atoms with Gasteiger partial charge in [-0.25, -0.2) is 4.79 Å². The quantitative estimate of drug-likeness (QED) is 0.356. The first-order chi connectivity index (χ1) is 10.4. The topological polar surface area (TPSA) is 69.4 Å². The van der Waals surface area contributed by atoms with Crippen molar-refractivity contribution in [3.63, 3.8) is 0 Å². The number of carbonyl (C=O) groups is 1. The largest absolute Gasteiger partial charge is 0.458 e. The van der Waals surface area contributed by atoms with Crippen LogP contribution in [0.15, 0.2) is 47.6 Å². The molecule has 0 unspecified atom stereocenters. The molecule has 0 N–H and O–H groups in total. The fourth-order valence-electron chi connectivity index (χ4n) is 2.71. The highest BCUT2D eigenvalue weighted by atomic mass is 16.6. The van der Waals surface area contributed by atoms with Crippen LogP contribution in [0.1, 0.15) is 37.0 Å². The summed E-state index contributed by atoms with van der Waals surface area (Å²) >= 11 is 0. The highest BCUT2D eigenvalue weighted by molar-refractivity contribution is 5.89. The molecule has 1 aromatic rings. The van der Waals surface area contributed by atoms with Crippen molar-refractivity contribution in [1.29, 1.82) is 0 Å². The fraction of sp³-hybridized carbons (Fsp3) is 0.353. The SMILES string of the molecule is C=C(C)[C@@H]1CCC(C)=C1COC(=O)c1ccc([N+](=O)[O-])cc1. The summed E-state index contributed by atoms with van der Waals surface area (Å²) in [6.07, 6.45) is 2.02. The second-order valence-electron chi connectivity index (χ2n) is 5.62. The van der Waals surface area contributed by atoms with Gasteiger partial charge in [0.25, 0.3) is 5.69 Å². The maximum atomic E-state index is 12.0. The molecule has 0 aromatic heterocycles. The number of hydrogen-bond acceptors (Lipinski definition) is 4. The third-order valence-corrected chi connectivity index (χ3v) is 4.04. The number of benzene rings is 1. The van der Waals surface area contributed by atoms with Gasteiger partial charge in [0, 0.05) is 18.1 Å². The molecule has 1 atom stereocenters. The van der Waals surface area contributed by atoms with Crippen molar-refractivity contribution in [2.75, 3.05) is 6.61 Å². The summed E-state index contributed by atoms with van der Waals surface area (Å²) in [5, 5.41) is 10.6. The number of rotatable bonds is 5. The van der Waals surface area contributed by atoms with E-state index in [0.717, 1.165) is 24.0 Å². The molecule has 2 rings (SSSR count). The van der Waals surface area contributed by atoms with Gasteiger partial charge < -0.3 is 4.74 Å². The molecule has 0 saturated carbocycles. The van der Waals surface area contributed by atoms with Gasteiger partial charge in [-0.3, -0.25) is 10.1 Å². The first kappa shape index (κ1) is 15.9. The van der Waals surface area contributed by atoms with Crippen LogP contribution in [0.2, 0.25) is 0 Å². The number of esters is 1. The minimum absolute atomic E-state index is 0.0479. The van der Waals surface area contributed by atoms with E-state index in [1.807, 2.05) is 6.92 Å². The van der Waals surface area contributed by atoms with Crippen LogP contribution in [-0.4, -0.2) is 17.5 Å². The lowest BCUT2D eigenvalue weighted by Gasteiger charge is -2.15. The van der Waals surface area contributed by atoms with Gasteiger partial charge in [0.05, 0.1) is 10.5 Å². The number of non-ortho nitro benzene ring substituents is 1. The van der Waals surface area contributed by atoms with Crippen molar-refractivity contribution in [3.8, 4) is 0 Å². The first-order valence-corrected chi connectivity index (χ1v) is 7.15. The van der Waals surface area contributed by atoms with Gasteiger partial charge in [-0.2, -0.15) is 0 Å². The van der Waals surface area contributed by atoms with Crippen molar-refractivity contribution in [2.45, 2.75) is 26.7 Å². The van der Waals surface area contributed by atoms with Gasteiger partial charge in [-0.05, 0) is 44.4 Å². The summed E-state index contributed by atoms with van der Waals surface area (Å²) in [7, 11) is 0. The molecular formula is C17H19NO4. The Hall–Kier alpha value is -2.43. The Morgan fingerprint density at radius 1 is 1.41 bits per heavy atom. The van der Waals surface area contributed by atoms with Crippen molar-refractivity contribution >= 4 is 11.7 Å². The number of nitrogens with zero attached hydrogens (tertiary/aromatic N) is 1. The molecule has 0 fully saturated rings. The van der Waals surface area contributed by atoms with Gasteiger partial charge in [-0.1, -0.05) is 17.7 Å². The van der Waals surface area contributed by atoms with E-state index in [1.165, 1.54) is 29.8 Å². The molecular weight excluding hydrogens is 282 g/mol. The molecule has 0 heterocycles. The zero-order valence-electron chi connectivity index (χ0n) is 12.8. The van der Waals surface area contributed by atoms with Crippen LogP contribution in [0.3, 0.4) is 0 Å². The highest BCUT2D eigenvalue weighted by Gasteiger charge is 2.25. The second kappa shape index (κ2) is 6.56. The van der Waals surface area contributed by atoms with Crippen molar-refractivity contribution in [2.24, 2.45) is 5.92 Å². The van der Waals surface area contributed by atoms with Gasteiger partial charge in [0.2, 0.25) is 0 Å². The van der Waals surface area contributed by atoms with Gasteiger partial charge in [0.1, 0.15) is 6.61 Å². The Labute approximate surface area is 129 Å². The molecule has 5 nitrogen and oxygen atoms in total. The third kappa shape index (κ3) is 3.42. The Kier molecular flexibility index (Phi) is 4.75. The second-order valence-corrected chi connectivity index (χ2v) is 5.62. The molecule has 1 aromatic carbocycles. The average molecular weight is 301 g/mol. The zero-order valence-corrected chi connectivity index (χ0v) is 12.8. The monoisotopic (exact) mass is 301 g/mol. The van der Waals surface area contributed by atoms with Gasteiger partial charge in [-0.15, -0.1) is 0 Å². The first-order valence-electron chi connectivity index (χ1n) is 7.15. The molecule has 5 heteroatoms. The Balaban J connectivity index is 2.02. The lowest BCUT2D eigenvalue weighted by atomic mass is 9.94. The predicted molar refractivity (Wildman–Crippen MR) is 83.6 cm³/mol. The van der Waals surface area contributed by atoms with Crippen LogP contribution in [0, 0.1) is 16.0 Å². The van der Waals surface area contributed by atoms with E-state index >= 15 is 0 Å². The lowest BCUT2D eigenvalue weighted by molar-refractivity contribution is -0.384. The summed E-state index contributed by atoms with van der Waals surface area (Å²) < 4.78 is 5.36. The van der Waals surface area contributed by atoms with Crippen LogP contribution in [0.25, 0.3) is 0 Å². The van der Waals surface area contributed by atoms with Gasteiger partial charge >= 0.3 is 5.97 Å². The van der Waals surface area contributed by atoms with Crippen LogP contribution >= 0.6 is 0 Å². The number of hydrogen-bond donors (Lipinski definition) is 0. The molecule has 1 aliphatic rings. The summed E-state index contributed by atoms with van der Waals surface area (Å²) in [4.78, 5) is 22.1. The van der Waals surface area contributed by atoms with Gasteiger partial charge in [0.15, 0.2) is 0 Å². The number of carbonyl (C=O) groups excluding carboxylic acids is 1. The van der Waals surface area contributed by atoms with E-state index in [-0.39, 0.29) is 18.2 Å². The Bertz CT molecular complexity index is 643. The molecule has 1 aliphatic carbocycles. The van der Waals surface area contributed by atoms with E-state index in [4.69, 9.17) is 4.74 Å². The van der Waals surface area contributed by atoms with E-state index in [1.54, 1.807) is 0 Å². The number of nitro benzene ring substituents is 1. The van der Waals surface area contributed by atoms with Crippen molar-refractivity contribution in [3.05, 3.63) is 63.2 Å². The third-order valence-electron chi connectivity index (χ3n) is 4.04. The van der Waals surface area contributed by atoms with Crippen LogP contribution in [-0.2, 0) is 4.74 Å². The molecule has 22 heavy (non-hydrogen) atoms. The minimum Gasteiger partial charge on any atom is -0.458 e. The normalized spacial score (nSPS) is 17.5. The fourth-order valence-corrected chi connectivity index (χ4v) is 2.71. The molecule has 0 spiro atoms. The Morgan fingerprint density at radius 3 is 2.59 bits per heavy atom. The number of ether oxygens (including phenoxy) is 1. The van der Waals surface area contributed by atoms with Crippen LogP contribution < -0.4 is 0 Å². The van der Waals surface area contributed by atoms with Crippen LogP contribution in [0.5, 0.6) is 0 Å². The Morgan fingerprint density at radius 2 is 2.05 bits per heavy atom.